The number of fused-ring (bicyclic) bond motifs is 1. The predicted molar refractivity (Wildman–Crippen MR) is 83.4 cm³/mol. The number of carbonyl (C=O) groups excluding carboxylic acids is 1. The largest absolute Gasteiger partial charge is 0.378 e. The van der Waals surface area contributed by atoms with Crippen LogP contribution in [0.25, 0.3) is 0 Å². The molecular formula is C18H25NO2. The van der Waals surface area contributed by atoms with Gasteiger partial charge < -0.3 is 9.64 Å². The zero-order valence-corrected chi connectivity index (χ0v) is 12.8. The molecule has 0 aromatic heterocycles. The van der Waals surface area contributed by atoms with Gasteiger partial charge in [-0.1, -0.05) is 18.2 Å². The van der Waals surface area contributed by atoms with E-state index in [1.54, 1.807) is 5.56 Å². The van der Waals surface area contributed by atoms with Crippen molar-refractivity contribution >= 4 is 5.91 Å². The Hall–Kier alpha value is -1.35. The molecule has 3 heteroatoms. The lowest BCUT2D eigenvalue weighted by Crippen LogP contribution is -2.40. The highest BCUT2D eigenvalue weighted by Gasteiger charge is 2.16. The Morgan fingerprint density at radius 3 is 2.67 bits per heavy atom. The number of benzene rings is 1. The summed E-state index contributed by atoms with van der Waals surface area (Å²) in [4.78, 5) is 14.0. The lowest BCUT2D eigenvalue weighted by Gasteiger charge is -2.26. The summed E-state index contributed by atoms with van der Waals surface area (Å²) < 4.78 is 5.28. The maximum Gasteiger partial charge on any atom is 0.222 e. The summed E-state index contributed by atoms with van der Waals surface area (Å²) in [7, 11) is 0. The van der Waals surface area contributed by atoms with E-state index in [0.717, 1.165) is 25.9 Å². The Kier molecular flexibility index (Phi) is 4.91. The Bertz CT molecular complexity index is 492. The maximum absolute atomic E-state index is 12.1. The van der Waals surface area contributed by atoms with Gasteiger partial charge in [-0.2, -0.15) is 0 Å². The van der Waals surface area contributed by atoms with Gasteiger partial charge in [0.05, 0.1) is 13.2 Å². The number of aryl methyl sites for hydroxylation is 3. The third kappa shape index (κ3) is 3.85. The van der Waals surface area contributed by atoms with Crippen LogP contribution < -0.4 is 0 Å². The van der Waals surface area contributed by atoms with Crippen molar-refractivity contribution in [3.05, 3.63) is 34.9 Å². The van der Waals surface area contributed by atoms with Crippen LogP contribution in [0.1, 0.15) is 42.4 Å². The number of ether oxygens (including phenoxy) is 1. The SMILES string of the molecule is O=C(CCCc1ccc2c(c1)CCCC2)N1CCOCC1. The van der Waals surface area contributed by atoms with Crippen molar-refractivity contribution in [2.24, 2.45) is 0 Å². The molecule has 1 aliphatic carbocycles. The molecule has 0 radical (unpaired) electrons. The van der Waals surface area contributed by atoms with Gasteiger partial charge in [-0.15, -0.1) is 0 Å². The van der Waals surface area contributed by atoms with Crippen LogP contribution in [0.4, 0.5) is 0 Å². The summed E-state index contributed by atoms with van der Waals surface area (Å²) in [5.74, 6) is 0.288. The molecule has 114 valence electrons. The molecule has 1 fully saturated rings. The monoisotopic (exact) mass is 287 g/mol. The zero-order valence-electron chi connectivity index (χ0n) is 12.8. The van der Waals surface area contributed by atoms with Crippen LogP contribution in [-0.2, 0) is 28.8 Å². The van der Waals surface area contributed by atoms with Crippen molar-refractivity contribution in [3.63, 3.8) is 0 Å². The van der Waals surface area contributed by atoms with Gasteiger partial charge in [0.2, 0.25) is 5.91 Å². The molecule has 1 aliphatic heterocycles. The first kappa shape index (κ1) is 14.6. The molecule has 1 aromatic rings. The Labute approximate surface area is 127 Å². The molecule has 0 saturated carbocycles. The van der Waals surface area contributed by atoms with E-state index in [9.17, 15) is 4.79 Å². The van der Waals surface area contributed by atoms with Crippen molar-refractivity contribution in [3.8, 4) is 0 Å². The summed E-state index contributed by atoms with van der Waals surface area (Å²) in [6.07, 6.45) is 7.77. The Balaban J connectivity index is 1.47. The molecule has 1 heterocycles. The van der Waals surface area contributed by atoms with Crippen molar-refractivity contribution in [1.82, 2.24) is 4.90 Å². The summed E-state index contributed by atoms with van der Waals surface area (Å²) in [5, 5.41) is 0. The number of nitrogens with zero attached hydrogens (tertiary/aromatic N) is 1. The number of morpholine rings is 1. The van der Waals surface area contributed by atoms with Gasteiger partial charge in [0, 0.05) is 19.5 Å². The number of hydrogen-bond donors (Lipinski definition) is 0. The first-order chi connectivity index (χ1) is 10.3. The van der Waals surface area contributed by atoms with Crippen LogP contribution in [0.5, 0.6) is 0 Å². The number of amides is 1. The Morgan fingerprint density at radius 1 is 1.10 bits per heavy atom. The second-order valence-electron chi connectivity index (χ2n) is 6.16. The molecule has 3 nitrogen and oxygen atoms in total. The highest BCUT2D eigenvalue weighted by Crippen LogP contribution is 2.23. The third-order valence-corrected chi connectivity index (χ3v) is 4.63. The van der Waals surface area contributed by atoms with Gasteiger partial charge in [-0.25, -0.2) is 0 Å². The van der Waals surface area contributed by atoms with Crippen LogP contribution in [0.15, 0.2) is 18.2 Å². The second-order valence-corrected chi connectivity index (χ2v) is 6.16. The quantitative estimate of drug-likeness (QED) is 0.852. The van der Waals surface area contributed by atoms with Crippen molar-refractivity contribution in [2.45, 2.75) is 44.9 Å². The van der Waals surface area contributed by atoms with Gasteiger partial charge in [0.25, 0.3) is 0 Å². The van der Waals surface area contributed by atoms with Crippen molar-refractivity contribution < 1.29 is 9.53 Å². The third-order valence-electron chi connectivity index (χ3n) is 4.63. The molecule has 0 N–H and O–H groups in total. The summed E-state index contributed by atoms with van der Waals surface area (Å²) in [6.45, 7) is 2.91. The standard InChI is InChI=1S/C18H25NO2/c20-18(19-10-12-21-13-11-19)7-3-4-15-8-9-16-5-1-2-6-17(16)14-15/h8-9,14H,1-7,10-13H2. The molecule has 0 bridgehead atoms. The fraction of sp³-hybridized carbons (Fsp3) is 0.611. The topological polar surface area (TPSA) is 29.5 Å². The number of carbonyl (C=O) groups is 1. The van der Waals surface area contributed by atoms with Crippen LogP contribution in [0, 0.1) is 0 Å². The van der Waals surface area contributed by atoms with E-state index in [4.69, 9.17) is 4.74 Å². The molecule has 0 spiro atoms. The zero-order chi connectivity index (χ0) is 14.5. The molecule has 0 unspecified atom stereocenters. The smallest absolute Gasteiger partial charge is 0.222 e. The van der Waals surface area contributed by atoms with Crippen LogP contribution in [0.3, 0.4) is 0 Å². The summed E-state index contributed by atoms with van der Waals surface area (Å²) in [6, 6.07) is 6.92. The van der Waals surface area contributed by atoms with Gasteiger partial charge in [0.15, 0.2) is 0 Å². The van der Waals surface area contributed by atoms with E-state index >= 15 is 0 Å². The first-order valence-corrected chi connectivity index (χ1v) is 8.29. The van der Waals surface area contributed by atoms with Crippen molar-refractivity contribution in [1.29, 1.82) is 0 Å². The lowest BCUT2D eigenvalue weighted by atomic mass is 9.89. The van der Waals surface area contributed by atoms with E-state index in [2.05, 4.69) is 18.2 Å². The fourth-order valence-corrected chi connectivity index (χ4v) is 3.36. The van der Waals surface area contributed by atoms with E-state index in [1.807, 2.05) is 4.90 Å². The number of rotatable bonds is 4. The maximum atomic E-state index is 12.1. The highest BCUT2D eigenvalue weighted by molar-refractivity contribution is 5.76. The summed E-state index contributed by atoms with van der Waals surface area (Å²) in [5.41, 5.74) is 4.47. The Morgan fingerprint density at radius 2 is 1.86 bits per heavy atom. The normalized spacial score (nSPS) is 18.4. The van der Waals surface area contributed by atoms with E-state index in [-0.39, 0.29) is 5.91 Å². The van der Waals surface area contributed by atoms with E-state index in [0.29, 0.717) is 19.6 Å². The van der Waals surface area contributed by atoms with Gasteiger partial charge in [0.1, 0.15) is 0 Å². The first-order valence-electron chi connectivity index (χ1n) is 8.29. The molecular weight excluding hydrogens is 262 g/mol. The van der Waals surface area contributed by atoms with Crippen molar-refractivity contribution in [2.75, 3.05) is 26.3 Å². The minimum atomic E-state index is 0.288. The van der Waals surface area contributed by atoms with Gasteiger partial charge in [-0.05, 0) is 55.2 Å². The molecule has 1 saturated heterocycles. The van der Waals surface area contributed by atoms with Gasteiger partial charge in [-0.3, -0.25) is 4.79 Å². The molecule has 1 aromatic carbocycles. The minimum Gasteiger partial charge on any atom is -0.378 e. The lowest BCUT2D eigenvalue weighted by molar-refractivity contribution is -0.135. The fourth-order valence-electron chi connectivity index (χ4n) is 3.36. The second kappa shape index (κ2) is 7.08. The van der Waals surface area contributed by atoms with E-state index in [1.165, 1.54) is 36.8 Å². The molecule has 3 rings (SSSR count). The molecule has 0 atom stereocenters. The average Bonchev–Trinajstić information content (AvgIpc) is 2.55. The van der Waals surface area contributed by atoms with Crippen LogP contribution in [0.2, 0.25) is 0 Å². The predicted octanol–water partition coefficient (Wildman–Crippen LogP) is 2.75. The number of hydrogen-bond acceptors (Lipinski definition) is 2. The van der Waals surface area contributed by atoms with Gasteiger partial charge >= 0.3 is 0 Å². The molecule has 21 heavy (non-hydrogen) atoms. The summed E-state index contributed by atoms with van der Waals surface area (Å²) >= 11 is 0. The average molecular weight is 287 g/mol. The molecule has 1 amide bonds. The van der Waals surface area contributed by atoms with E-state index < -0.39 is 0 Å². The van der Waals surface area contributed by atoms with Crippen LogP contribution in [-0.4, -0.2) is 37.1 Å². The highest BCUT2D eigenvalue weighted by atomic mass is 16.5. The molecule has 2 aliphatic rings. The minimum absolute atomic E-state index is 0.288. The van der Waals surface area contributed by atoms with Crippen LogP contribution >= 0.6 is 0 Å².